The highest BCUT2D eigenvalue weighted by Gasteiger charge is 2.34. The Kier molecular flexibility index (Phi) is 8.59. The summed E-state index contributed by atoms with van der Waals surface area (Å²) in [5, 5.41) is 8.71. The summed E-state index contributed by atoms with van der Waals surface area (Å²) in [5.41, 5.74) is 3.70. The van der Waals surface area contributed by atoms with Gasteiger partial charge in [0.15, 0.2) is 11.4 Å². The van der Waals surface area contributed by atoms with E-state index in [1.807, 2.05) is 55.5 Å². The molecule has 1 aromatic heterocycles. The summed E-state index contributed by atoms with van der Waals surface area (Å²) in [7, 11) is 0. The van der Waals surface area contributed by atoms with Crippen molar-refractivity contribution in [2.75, 3.05) is 13.2 Å². The Labute approximate surface area is 226 Å². The van der Waals surface area contributed by atoms with Gasteiger partial charge in [0.1, 0.15) is 11.8 Å². The van der Waals surface area contributed by atoms with Gasteiger partial charge in [-0.15, -0.1) is 0 Å². The van der Waals surface area contributed by atoms with Crippen LogP contribution >= 0.6 is 11.3 Å². The summed E-state index contributed by atoms with van der Waals surface area (Å²) >= 11 is 1.31. The molecule has 0 amide bonds. The molecule has 0 unspecified atom stereocenters. The number of nitrogens with zero attached hydrogens (tertiary/aromatic N) is 3. The summed E-state index contributed by atoms with van der Waals surface area (Å²) in [6, 6.07) is 16.6. The van der Waals surface area contributed by atoms with Crippen molar-refractivity contribution in [2.24, 2.45) is 4.99 Å². The number of ether oxygens (including phenoxy) is 2. The molecule has 38 heavy (non-hydrogen) atoms. The molecule has 0 saturated heterocycles. The molecule has 1 aliphatic rings. The number of allylic oxidation sites excluding steroid dienone is 1. The summed E-state index contributed by atoms with van der Waals surface area (Å²) < 4.78 is 12.9. The van der Waals surface area contributed by atoms with Crippen LogP contribution in [0.25, 0.3) is 6.08 Å². The summed E-state index contributed by atoms with van der Waals surface area (Å²) in [6.45, 7) is 8.28. The molecule has 2 heterocycles. The maximum atomic E-state index is 13.8. The lowest BCUT2D eigenvalue weighted by Crippen LogP contribution is -2.40. The van der Waals surface area contributed by atoms with Crippen LogP contribution in [0.3, 0.4) is 0 Å². The number of thiazole rings is 1. The normalized spacial score (nSPS) is 15.2. The van der Waals surface area contributed by atoms with Crippen molar-refractivity contribution in [1.82, 2.24) is 4.57 Å². The highest BCUT2D eigenvalue weighted by atomic mass is 32.1. The average Bonchev–Trinajstić information content (AvgIpc) is 3.22. The van der Waals surface area contributed by atoms with E-state index >= 15 is 0 Å². The number of carbonyl (C=O) groups is 1. The molecule has 196 valence electrons. The third-order valence-corrected chi connectivity index (χ3v) is 7.28. The second-order valence-corrected chi connectivity index (χ2v) is 10.3. The van der Waals surface area contributed by atoms with Crippen molar-refractivity contribution in [3.05, 3.63) is 96.2 Å². The van der Waals surface area contributed by atoms with Crippen LogP contribution in [-0.2, 0) is 9.53 Å². The van der Waals surface area contributed by atoms with E-state index in [-0.39, 0.29) is 18.8 Å². The van der Waals surface area contributed by atoms with Crippen molar-refractivity contribution in [3.8, 4) is 11.8 Å². The zero-order valence-electron chi connectivity index (χ0n) is 22.1. The molecule has 7 nitrogen and oxygen atoms in total. The Balaban J connectivity index is 1.89. The molecule has 0 saturated carbocycles. The maximum absolute atomic E-state index is 13.8. The number of benzene rings is 2. The minimum Gasteiger partial charge on any atom is -0.479 e. The number of rotatable bonds is 9. The highest BCUT2D eigenvalue weighted by molar-refractivity contribution is 7.07. The number of hydrogen-bond donors (Lipinski definition) is 0. The van der Waals surface area contributed by atoms with Crippen LogP contribution in [0.15, 0.2) is 69.6 Å². The lowest BCUT2D eigenvalue weighted by atomic mass is 9.92. The van der Waals surface area contributed by atoms with E-state index in [1.165, 1.54) is 16.9 Å². The first-order valence-corrected chi connectivity index (χ1v) is 13.6. The van der Waals surface area contributed by atoms with Crippen LogP contribution in [0, 0.1) is 11.3 Å². The molecule has 8 heteroatoms. The van der Waals surface area contributed by atoms with Crippen LogP contribution < -0.4 is 19.6 Å². The number of hydrogen-bond acceptors (Lipinski definition) is 7. The van der Waals surface area contributed by atoms with Gasteiger partial charge in [-0.3, -0.25) is 9.36 Å². The fraction of sp³-hybridized carbons (Fsp3) is 0.333. The monoisotopic (exact) mass is 529 g/mol. The maximum Gasteiger partial charge on any atom is 0.338 e. The summed E-state index contributed by atoms with van der Waals surface area (Å²) in [5.74, 6) is 0.497. The lowest BCUT2D eigenvalue weighted by Gasteiger charge is -2.26. The molecular formula is C30H31N3O4S. The molecule has 0 aliphatic carbocycles. The fourth-order valence-corrected chi connectivity index (χ4v) is 5.45. The van der Waals surface area contributed by atoms with Gasteiger partial charge in [-0.1, -0.05) is 74.9 Å². The minimum absolute atomic E-state index is 0.0288. The molecule has 0 fully saturated rings. The molecule has 2 aromatic carbocycles. The van der Waals surface area contributed by atoms with Crippen LogP contribution in [-0.4, -0.2) is 23.8 Å². The number of esters is 1. The smallest absolute Gasteiger partial charge is 0.338 e. The van der Waals surface area contributed by atoms with Gasteiger partial charge < -0.3 is 9.47 Å². The quantitative estimate of drug-likeness (QED) is 0.378. The Morgan fingerprint density at radius 1 is 1.16 bits per heavy atom. The number of aromatic nitrogens is 1. The summed E-state index contributed by atoms with van der Waals surface area (Å²) in [6.07, 6.45) is 3.21. The van der Waals surface area contributed by atoms with Crippen molar-refractivity contribution in [3.63, 3.8) is 0 Å². The van der Waals surface area contributed by atoms with Crippen molar-refractivity contribution >= 4 is 23.4 Å². The molecule has 3 aromatic rings. The van der Waals surface area contributed by atoms with Gasteiger partial charge in [-0.2, -0.15) is 5.26 Å². The predicted molar refractivity (Wildman–Crippen MR) is 148 cm³/mol. The second kappa shape index (κ2) is 12.1. The Morgan fingerprint density at radius 3 is 2.47 bits per heavy atom. The van der Waals surface area contributed by atoms with Gasteiger partial charge in [0.25, 0.3) is 5.56 Å². The lowest BCUT2D eigenvalue weighted by molar-refractivity contribution is -0.139. The number of fused-ring (bicyclic) bond motifs is 1. The first-order chi connectivity index (χ1) is 18.4. The van der Waals surface area contributed by atoms with Crippen molar-refractivity contribution < 1.29 is 14.3 Å². The second-order valence-electron chi connectivity index (χ2n) is 9.25. The number of carbonyl (C=O) groups excluding carboxylic acids is 1. The van der Waals surface area contributed by atoms with E-state index in [0.717, 1.165) is 17.5 Å². The van der Waals surface area contributed by atoms with Gasteiger partial charge in [-0.05, 0) is 54.2 Å². The summed E-state index contributed by atoms with van der Waals surface area (Å²) in [4.78, 5) is 32.5. The molecule has 0 radical (unpaired) electrons. The van der Waals surface area contributed by atoms with Crippen molar-refractivity contribution in [2.45, 2.75) is 52.5 Å². The zero-order valence-corrected chi connectivity index (χ0v) is 22.9. The third kappa shape index (κ3) is 5.63. The van der Waals surface area contributed by atoms with Crippen LogP contribution in [0.2, 0.25) is 0 Å². The Hall–Kier alpha value is -3.96. The van der Waals surface area contributed by atoms with Gasteiger partial charge in [0.05, 0.1) is 28.5 Å². The first kappa shape index (κ1) is 27.1. The molecule has 4 rings (SSSR count). The predicted octanol–water partition coefficient (Wildman–Crippen LogP) is 4.60. The minimum atomic E-state index is -0.628. The van der Waals surface area contributed by atoms with E-state index < -0.39 is 12.0 Å². The van der Waals surface area contributed by atoms with Crippen LogP contribution in [0.4, 0.5) is 0 Å². The largest absolute Gasteiger partial charge is 0.479 e. The third-order valence-electron chi connectivity index (χ3n) is 6.29. The zero-order chi connectivity index (χ0) is 27.2. The van der Waals surface area contributed by atoms with E-state index in [4.69, 9.17) is 19.7 Å². The van der Waals surface area contributed by atoms with E-state index in [1.54, 1.807) is 23.6 Å². The number of nitriles is 1. The first-order valence-electron chi connectivity index (χ1n) is 12.8. The molecule has 1 aliphatic heterocycles. The van der Waals surface area contributed by atoms with Crippen molar-refractivity contribution in [1.29, 1.82) is 5.26 Å². The van der Waals surface area contributed by atoms with E-state index in [0.29, 0.717) is 38.7 Å². The molecule has 0 spiro atoms. The Morgan fingerprint density at radius 2 is 1.87 bits per heavy atom. The standard InChI is InChI=1S/C30H31N3O4S/c1-5-7-24-26(29(35)36-6-2)27(22-12-10-21(11-13-22)19(3)4)33-28(34)25(38-30(33)32-24)18-20-8-14-23(15-9-20)37-17-16-31/h8-15,18-19,27H,5-7,17H2,1-4H3/b25-18-/t27-/m1/s1. The van der Waals surface area contributed by atoms with E-state index in [9.17, 15) is 9.59 Å². The van der Waals surface area contributed by atoms with E-state index in [2.05, 4.69) is 13.8 Å². The average molecular weight is 530 g/mol. The SMILES string of the molecule is CCCC1=C(C(=O)OCC)[C@@H](c2ccc(C(C)C)cc2)n2c(s/c(=C\c3ccc(OCC#N)cc3)c2=O)=N1. The highest BCUT2D eigenvalue weighted by Crippen LogP contribution is 2.33. The van der Waals surface area contributed by atoms with Gasteiger partial charge in [0, 0.05) is 0 Å². The fourth-order valence-electron chi connectivity index (χ4n) is 4.43. The van der Waals surface area contributed by atoms with Gasteiger partial charge >= 0.3 is 5.97 Å². The van der Waals surface area contributed by atoms with Gasteiger partial charge in [0.2, 0.25) is 0 Å². The topological polar surface area (TPSA) is 93.7 Å². The molecule has 1 atom stereocenters. The molecule has 0 bridgehead atoms. The molecule has 0 N–H and O–H groups in total. The molecular weight excluding hydrogens is 498 g/mol. The van der Waals surface area contributed by atoms with Crippen LogP contribution in [0.1, 0.15) is 69.2 Å². The Bertz CT molecular complexity index is 1560. The van der Waals surface area contributed by atoms with Crippen LogP contribution in [0.5, 0.6) is 5.75 Å². The van der Waals surface area contributed by atoms with Gasteiger partial charge in [-0.25, -0.2) is 9.79 Å².